The van der Waals surface area contributed by atoms with Crippen molar-refractivity contribution in [3.63, 3.8) is 0 Å². The Morgan fingerprint density at radius 3 is 2.18 bits per heavy atom. The first-order chi connectivity index (χ1) is 16.3. The summed E-state index contributed by atoms with van der Waals surface area (Å²) in [4.78, 5) is 0. The Bertz CT molecular complexity index is 979. The number of unbranched alkanes of at least 4 members (excludes halogenated alkanes) is 4. The number of rotatable bonds is 13. The van der Waals surface area contributed by atoms with Gasteiger partial charge in [-0.05, 0) is 56.1 Å². The van der Waals surface area contributed by atoms with Crippen molar-refractivity contribution in [1.82, 2.24) is 0 Å². The van der Waals surface area contributed by atoms with Gasteiger partial charge in [-0.1, -0.05) is 113 Å². The van der Waals surface area contributed by atoms with Crippen molar-refractivity contribution >= 4 is 17.7 Å². The van der Waals surface area contributed by atoms with Crippen LogP contribution in [0.1, 0.15) is 108 Å². The van der Waals surface area contributed by atoms with Crippen molar-refractivity contribution in [3.8, 4) is 11.5 Å². The number of phenols is 2. The van der Waals surface area contributed by atoms with Crippen LogP contribution in [0.5, 0.6) is 11.5 Å². The zero-order valence-corrected chi connectivity index (χ0v) is 21.8. The highest BCUT2D eigenvalue weighted by Crippen LogP contribution is 2.31. The lowest BCUT2D eigenvalue weighted by Crippen LogP contribution is -1.93. The second-order valence-corrected chi connectivity index (χ2v) is 9.79. The van der Waals surface area contributed by atoms with E-state index in [0.717, 1.165) is 40.7 Å². The number of hydrogen-bond donors (Lipinski definition) is 2. The molecule has 184 valence electrons. The standard InChI is InChI=1S/C32H44O2/c1-6-26(5)30-23-15-21-28(32(30)34)19-13-17-25(4)16-11-9-7-8-10-12-18-27-20-14-22-29(24(2)3)31(27)33/h6,12-15,18-25,33-34H,7-11,16-17H2,1-5H3. The van der Waals surface area contributed by atoms with Gasteiger partial charge in [-0.15, -0.1) is 0 Å². The van der Waals surface area contributed by atoms with Crippen LogP contribution >= 0.6 is 0 Å². The number of phenolic OH excluding ortho intramolecular Hbond substituents is 2. The Kier molecular flexibility index (Phi) is 11.7. The zero-order valence-electron chi connectivity index (χ0n) is 21.8. The molecule has 0 spiro atoms. The molecule has 0 aliphatic heterocycles. The first-order valence-electron chi connectivity index (χ1n) is 12.9. The Balaban J connectivity index is 1.65. The summed E-state index contributed by atoms with van der Waals surface area (Å²) in [5.74, 6) is 1.78. The van der Waals surface area contributed by atoms with Gasteiger partial charge in [0.05, 0.1) is 0 Å². The van der Waals surface area contributed by atoms with Crippen LogP contribution in [-0.4, -0.2) is 10.2 Å². The summed E-state index contributed by atoms with van der Waals surface area (Å²) >= 11 is 0. The molecule has 0 radical (unpaired) electrons. The Morgan fingerprint density at radius 2 is 1.47 bits per heavy atom. The number of allylic oxidation sites excluding steroid dienone is 4. The van der Waals surface area contributed by atoms with Crippen LogP contribution in [0.2, 0.25) is 0 Å². The lowest BCUT2D eigenvalue weighted by Gasteiger charge is -2.10. The molecule has 0 amide bonds. The van der Waals surface area contributed by atoms with Crippen molar-refractivity contribution < 1.29 is 10.2 Å². The Labute approximate surface area is 207 Å². The van der Waals surface area contributed by atoms with Gasteiger partial charge in [0.25, 0.3) is 0 Å². The van der Waals surface area contributed by atoms with E-state index in [2.05, 4.69) is 45.1 Å². The molecule has 2 aromatic carbocycles. The summed E-state index contributed by atoms with van der Waals surface area (Å²) in [7, 11) is 0. The third-order valence-electron chi connectivity index (χ3n) is 6.60. The maximum atomic E-state index is 10.5. The van der Waals surface area contributed by atoms with Crippen LogP contribution in [0.3, 0.4) is 0 Å². The molecule has 0 fully saturated rings. The number of hydrogen-bond acceptors (Lipinski definition) is 2. The fourth-order valence-electron chi connectivity index (χ4n) is 4.21. The van der Waals surface area contributed by atoms with E-state index >= 15 is 0 Å². The van der Waals surface area contributed by atoms with Crippen molar-refractivity contribution in [1.29, 1.82) is 0 Å². The summed E-state index contributed by atoms with van der Waals surface area (Å²) in [6, 6.07) is 12.0. The van der Waals surface area contributed by atoms with E-state index in [1.165, 1.54) is 32.1 Å². The van der Waals surface area contributed by atoms with E-state index in [-0.39, 0.29) is 0 Å². The molecule has 0 saturated carbocycles. The number of benzene rings is 2. The molecule has 0 aliphatic rings. The van der Waals surface area contributed by atoms with Gasteiger partial charge in [-0.3, -0.25) is 0 Å². The number of para-hydroxylation sites is 2. The molecule has 2 rings (SSSR count). The third-order valence-corrected chi connectivity index (χ3v) is 6.60. The molecule has 0 heterocycles. The Hall–Kier alpha value is -2.74. The lowest BCUT2D eigenvalue weighted by atomic mass is 9.97. The summed E-state index contributed by atoms with van der Waals surface area (Å²) in [6.45, 7) is 10.5. The summed E-state index contributed by atoms with van der Waals surface area (Å²) in [5, 5.41) is 20.9. The molecule has 1 atom stereocenters. The van der Waals surface area contributed by atoms with Crippen molar-refractivity contribution in [2.45, 2.75) is 85.5 Å². The van der Waals surface area contributed by atoms with Crippen molar-refractivity contribution in [2.75, 3.05) is 0 Å². The van der Waals surface area contributed by atoms with Gasteiger partial charge in [0.2, 0.25) is 0 Å². The minimum atomic E-state index is 0.331. The molecular weight excluding hydrogens is 416 g/mol. The first-order valence-corrected chi connectivity index (χ1v) is 12.9. The minimum Gasteiger partial charge on any atom is -0.507 e. The normalized spacial score (nSPS) is 13.4. The van der Waals surface area contributed by atoms with E-state index < -0.39 is 0 Å². The monoisotopic (exact) mass is 460 g/mol. The van der Waals surface area contributed by atoms with E-state index in [1.54, 1.807) is 0 Å². The molecule has 2 N–H and O–H groups in total. The SMILES string of the molecule is CC=C(C)c1cccc(C=CCC(C)CCCCCCC=Cc2cccc(C(C)C)c2O)c1O. The molecular formula is C32H44O2. The average Bonchev–Trinajstić information content (AvgIpc) is 2.82. The van der Waals surface area contributed by atoms with Gasteiger partial charge in [-0.2, -0.15) is 0 Å². The van der Waals surface area contributed by atoms with Gasteiger partial charge in [0.1, 0.15) is 11.5 Å². The highest BCUT2D eigenvalue weighted by molar-refractivity contribution is 5.73. The first kappa shape index (κ1) is 27.5. The fourth-order valence-corrected chi connectivity index (χ4v) is 4.21. The van der Waals surface area contributed by atoms with Gasteiger partial charge in [0, 0.05) is 16.7 Å². The molecule has 34 heavy (non-hydrogen) atoms. The largest absolute Gasteiger partial charge is 0.507 e. The molecule has 2 nitrogen and oxygen atoms in total. The summed E-state index contributed by atoms with van der Waals surface area (Å²) in [5.41, 5.74) is 4.83. The highest BCUT2D eigenvalue weighted by atomic mass is 16.3. The lowest BCUT2D eigenvalue weighted by molar-refractivity contribution is 0.463. The second kappa shape index (κ2) is 14.5. The number of aromatic hydroxyl groups is 2. The predicted molar refractivity (Wildman–Crippen MR) is 149 cm³/mol. The molecule has 1 unspecified atom stereocenters. The fraction of sp³-hybridized carbons (Fsp3) is 0.438. The predicted octanol–water partition coefficient (Wildman–Crippen LogP) is 9.74. The van der Waals surface area contributed by atoms with Gasteiger partial charge >= 0.3 is 0 Å². The molecule has 0 aliphatic carbocycles. The van der Waals surface area contributed by atoms with Crippen LogP contribution in [0, 0.1) is 5.92 Å². The molecule has 0 bridgehead atoms. The van der Waals surface area contributed by atoms with E-state index in [9.17, 15) is 10.2 Å². The van der Waals surface area contributed by atoms with Gasteiger partial charge < -0.3 is 10.2 Å². The molecule has 2 heteroatoms. The summed E-state index contributed by atoms with van der Waals surface area (Å²) in [6.07, 6.45) is 18.8. The van der Waals surface area contributed by atoms with Crippen molar-refractivity contribution in [2.24, 2.45) is 5.92 Å². The highest BCUT2D eigenvalue weighted by Gasteiger charge is 2.08. The molecule has 0 saturated heterocycles. The quantitative estimate of drug-likeness (QED) is 0.292. The van der Waals surface area contributed by atoms with E-state index in [0.29, 0.717) is 23.3 Å². The van der Waals surface area contributed by atoms with Crippen molar-refractivity contribution in [3.05, 3.63) is 76.9 Å². The topological polar surface area (TPSA) is 40.5 Å². The van der Waals surface area contributed by atoms with Crippen LogP contribution in [0.25, 0.3) is 17.7 Å². The summed E-state index contributed by atoms with van der Waals surface area (Å²) < 4.78 is 0. The van der Waals surface area contributed by atoms with Crippen LogP contribution in [0.15, 0.2) is 54.6 Å². The maximum absolute atomic E-state index is 10.5. The second-order valence-electron chi connectivity index (χ2n) is 9.79. The van der Waals surface area contributed by atoms with Crippen LogP contribution in [0.4, 0.5) is 0 Å². The van der Waals surface area contributed by atoms with Crippen LogP contribution < -0.4 is 0 Å². The van der Waals surface area contributed by atoms with E-state index in [1.807, 2.05) is 56.3 Å². The van der Waals surface area contributed by atoms with Crippen LogP contribution in [-0.2, 0) is 0 Å². The zero-order chi connectivity index (χ0) is 24.9. The Morgan fingerprint density at radius 1 is 0.824 bits per heavy atom. The third kappa shape index (κ3) is 8.56. The average molecular weight is 461 g/mol. The van der Waals surface area contributed by atoms with E-state index in [4.69, 9.17) is 0 Å². The van der Waals surface area contributed by atoms with Gasteiger partial charge in [-0.25, -0.2) is 0 Å². The molecule has 0 aromatic heterocycles. The van der Waals surface area contributed by atoms with Gasteiger partial charge in [0.15, 0.2) is 0 Å². The minimum absolute atomic E-state index is 0.331. The smallest absolute Gasteiger partial charge is 0.130 e. The molecule has 2 aromatic rings. The maximum Gasteiger partial charge on any atom is 0.130 e.